The number of halogens is 2. The van der Waals surface area contributed by atoms with Gasteiger partial charge in [-0.3, -0.25) is 0 Å². The third-order valence-corrected chi connectivity index (χ3v) is 1.77. The highest BCUT2D eigenvalue weighted by Crippen LogP contribution is 2.22. The van der Waals surface area contributed by atoms with E-state index < -0.39 is 6.10 Å². The molecule has 0 bridgehead atoms. The third-order valence-electron chi connectivity index (χ3n) is 1.11. The van der Waals surface area contributed by atoms with Gasteiger partial charge >= 0.3 is 0 Å². The van der Waals surface area contributed by atoms with E-state index in [0.717, 1.165) is 0 Å². The lowest BCUT2D eigenvalue weighted by Crippen LogP contribution is -2.05. The van der Waals surface area contributed by atoms with Crippen LogP contribution in [0.15, 0.2) is 22.2 Å². The molecule has 0 saturated carbocycles. The summed E-state index contributed by atoms with van der Waals surface area (Å²) in [6.07, 6.45) is 3.18. The molecule has 1 unspecified atom stereocenters. The van der Waals surface area contributed by atoms with Gasteiger partial charge in [-0.05, 0) is 6.08 Å². The second-order valence-electron chi connectivity index (χ2n) is 1.85. The minimum Gasteiger partial charge on any atom is -0.383 e. The molecule has 0 heterocycles. The Bertz CT molecular complexity index is 172. The Hall–Kier alpha value is 0.0200. The number of aliphatic hydroxyl groups excluding tert-OH is 1. The van der Waals surface area contributed by atoms with Crippen molar-refractivity contribution in [1.29, 1.82) is 0 Å². The molecule has 1 atom stereocenters. The Morgan fingerprint density at radius 1 is 1.56 bits per heavy atom. The summed E-state index contributed by atoms with van der Waals surface area (Å²) in [5.74, 6) is 0. The van der Waals surface area contributed by atoms with Gasteiger partial charge in [0.2, 0.25) is 0 Å². The summed E-state index contributed by atoms with van der Waals surface area (Å²) in [6.45, 7) is 0. The molecule has 0 saturated heterocycles. The molecule has 1 aliphatic rings. The maximum atomic E-state index is 8.99. The zero-order valence-corrected chi connectivity index (χ0v) is 6.15. The molecule has 0 radical (unpaired) electrons. The third kappa shape index (κ3) is 1.71. The fourth-order valence-electron chi connectivity index (χ4n) is 0.635. The normalized spacial score (nSPS) is 27.2. The Balaban J connectivity index is 2.70. The molecule has 50 valence electrons. The molecular weight excluding hydrogens is 159 g/mol. The zero-order chi connectivity index (χ0) is 6.85. The number of allylic oxidation sites excluding steroid dienone is 2. The van der Waals surface area contributed by atoms with E-state index in [4.69, 9.17) is 28.3 Å². The highest BCUT2D eigenvalue weighted by molar-refractivity contribution is 6.32. The van der Waals surface area contributed by atoms with Gasteiger partial charge in [-0.15, -0.1) is 0 Å². The average Bonchev–Trinajstić information content (AvgIpc) is 1.80. The van der Waals surface area contributed by atoms with Gasteiger partial charge in [-0.2, -0.15) is 0 Å². The van der Waals surface area contributed by atoms with Crippen molar-refractivity contribution in [3.63, 3.8) is 0 Å². The Kier molecular flexibility index (Phi) is 2.17. The van der Waals surface area contributed by atoms with Crippen molar-refractivity contribution < 1.29 is 5.11 Å². The number of aliphatic hydroxyl groups is 1. The van der Waals surface area contributed by atoms with Crippen molar-refractivity contribution in [3.05, 3.63) is 22.2 Å². The van der Waals surface area contributed by atoms with E-state index >= 15 is 0 Å². The van der Waals surface area contributed by atoms with Crippen molar-refractivity contribution in [1.82, 2.24) is 0 Å². The van der Waals surface area contributed by atoms with Gasteiger partial charge in [-0.1, -0.05) is 29.3 Å². The molecule has 1 nitrogen and oxygen atoms in total. The highest BCUT2D eigenvalue weighted by atomic mass is 35.5. The topological polar surface area (TPSA) is 20.2 Å². The smallest absolute Gasteiger partial charge is 0.109 e. The lowest BCUT2D eigenvalue weighted by atomic mass is 10.2. The van der Waals surface area contributed by atoms with Gasteiger partial charge in [0, 0.05) is 16.5 Å². The largest absolute Gasteiger partial charge is 0.383 e. The highest BCUT2D eigenvalue weighted by Gasteiger charge is 2.10. The molecule has 0 fully saturated rings. The first kappa shape index (κ1) is 7.13. The summed E-state index contributed by atoms with van der Waals surface area (Å²) in [5.41, 5.74) is 0. The quantitative estimate of drug-likeness (QED) is 0.581. The summed E-state index contributed by atoms with van der Waals surface area (Å²) in [5, 5.41) is 10.1. The second-order valence-corrected chi connectivity index (χ2v) is 2.77. The standard InChI is InChI=1S/C6H6Cl2O/c7-4-1-2-5(8)6(9)3-4/h2-3,6,9H,1H2. The Morgan fingerprint density at radius 2 is 2.22 bits per heavy atom. The van der Waals surface area contributed by atoms with Gasteiger partial charge < -0.3 is 5.11 Å². The van der Waals surface area contributed by atoms with E-state index in [1.807, 2.05) is 0 Å². The molecule has 0 amide bonds. The predicted octanol–water partition coefficient (Wildman–Crippen LogP) is 2.00. The summed E-state index contributed by atoms with van der Waals surface area (Å²) >= 11 is 11.1. The maximum absolute atomic E-state index is 8.99. The molecule has 0 aliphatic heterocycles. The van der Waals surface area contributed by atoms with E-state index in [-0.39, 0.29) is 0 Å². The van der Waals surface area contributed by atoms with Crippen LogP contribution in [0, 0.1) is 0 Å². The first-order chi connectivity index (χ1) is 4.20. The van der Waals surface area contributed by atoms with E-state index in [0.29, 0.717) is 16.5 Å². The Morgan fingerprint density at radius 3 is 2.67 bits per heavy atom. The fraction of sp³-hybridized carbons (Fsp3) is 0.333. The van der Waals surface area contributed by atoms with Crippen LogP contribution in [0.1, 0.15) is 6.42 Å². The van der Waals surface area contributed by atoms with E-state index in [2.05, 4.69) is 0 Å². The van der Waals surface area contributed by atoms with Crippen molar-refractivity contribution in [3.8, 4) is 0 Å². The molecule has 1 aliphatic carbocycles. The van der Waals surface area contributed by atoms with Gasteiger partial charge in [0.1, 0.15) is 6.10 Å². The van der Waals surface area contributed by atoms with Crippen molar-refractivity contribution in [2.75, 3.05) is 0 Å². The summed E-state index contributed by atoms with van der Waals surface area (Å²) in [6, 6.07) is 0. The lowest BCUT2D eigenvalue weighted by molar-refractivity contribution is 0.264. The average molecular weight is 165 g/mol. The second kappa shape index (κ2) is 2.74. The van der Waals surface area contributed by atoms with Crippen molar-refractivity contribution in [2.24, 2.45) is 0 Å². The first-order valence-electron chi connectivity index (χ1n) is 2.60. The van der Waals surface area contributed by atoms with Gasteiger partial charge in [0.15, 0.2) is 0 Å². The molecule has 0 spiro atoms. The summed E-state index contributed by atoms with van der Waals surface area (Å²) < 4.78 is 0. The number of hydrogen-bond donors (Lipinski definition) is 1. The molecule has 9 heavy (non-hydrogen) atoms. The van der Waals surface area contributed by atoms with E-state index in [9.17, 15) is 0 Å². The number of rotatable bonds is 0. The molecule has 1 N–H and O–H groups in total. The van der Waals surface area contributed by atoms with Crippen LogP contribution in [0.4, 0.5) is 0 Å². The monoisotopic (exact) mass is 164 g/mol. The molecular formula is C6H6Cl2O. The summed E-state index contributed by atoms with van der Waals surface area (Å²) in [4.78, 5) is 0. The van der Waals surface area contributed by atoms with Crippen LogP contribution in [0.2, 0.25) is 0 Å². The molecule has 3 heteroatoms. The zero-order valence-electron chi connectivity index (χ0n) is 4.64. The van der Waals surface area contributed by atoms with Crippen LogP contribution in [-0.4, -0.2) is 11.2 Å². The molecule has 0 aromatic rings. The molecule has 1 rings (SSSR count). The van der Waals surface area contributed by atoms with Gasteiger partial charge in [0.05, 0.1) is 0 Å². The molecule has 0 aromatic carbocycles. The van der Waals surface area contributed by atoms with Crippen LogP contribution >= 0.6 is 23.2 Å². The first-order valence-corrected chi connectivity index (χ1v) is 3.35. The van der Waals surface area contributed by atoms with Crippen LogP contribution in [0.3, 0.4) is 0 Å². The van der Waals surface area contributed by atoms with E-state index in [1.165, 1.54) is 6.08 Å². The van der Waals surface area contributed by atoms with Crippen molar-refractivity contribution in [2.45, 2.75) is 12.5 Å². The number of hydrogen-bond acceptors (Lipinski definition) is 1. The molecule has 0 aromatic heterocycles. The van der Waals surface area contributed by atoms with Crippen LogP contribution in [0.25, 0.3) is 0 Å². The van der Waals surface area contributed by atoms with Crippen LogP contribution < -0.4 is 0 Å². The maximum Gasteiger partial charge on any atom is 0.109 e. The van der Waals surface area contributed by atoms with Gasteiger partial charge in [-0.25, -0.2) is 0 Å². The van der Waals surface area contributed by atoms with Crippen LogP contribution in [0.5, 0.6) is 0 Å². The Labute approximate surface area is 63.6 Å². The SMILES string of the molecule is OC1C=C(Cl)CC=C1Cl. The lowest BCUT2D eigenvalue weighted by Gasteiger charge is -2.09. The van der Waals surface area contributed by atoms with E-state index in [1.54, 1.807) is 6.08 Å². The van der Waals surface area contributed by atoms with Crippen molar-refractivity contribution >= 4 is 23.2 Å². The summed E-state index contributed by atoms with van der Waals surface area (Å²) in [7, 11) is 0. The predicted molar refractivity (Wildman–Crippen MR) is 38.5 cm³/mol. The van der Waals surface area contributed by atoms with Crippen LogP contribution in [-0.2, 0) is 0 Å². The van der Waals surface area contributed by atoms with Gasteiger partial charge in [0.25, 0.3) is 0 Å². The minimum absolute atomic E-state index is 0.458. The fourth-order valence-corrected chi connectivity index (χ4v) is 0.971. The minimum atomic E-state index is -0.687.